The number of furan rings is 1. The van der Waals surface area contributed by atoms with Gasteiger partial charge in [0.25, 0.3) is 5.91 Å². The van der Waals surface area contributed by atoms with E-state index in [1.165, 1.54) is 6.26 Å². The molecule has 182 valence electrons. The average Bonchev–Trinajstić information content (AvgIpc) is 3.24. The SMILES string of the molecule is CCCC(CN=C(NCC)N1CCN(C(=O)c2ccco2)CC1)NC(=O)OC(C)(C)C.I. The summed E-state index contributed by atoms with van der Waals surface area (Å²) < 4.78 is 10.6. The number of hydrogen-bond acceptors (Lipinski definition) is 5. The van der Waals surface area contributed by atoms with Crippen molar-refractivity contribution in [3.8, 4) is 0 Å². The highest BCUT2D eigenvalue weighted by atomic mass is 127. The van der Waals surface area contributed by atoms with Crippen molar-refractivity contribution in [1.29, 1.82) is 0 Å². The van der Waals surface area contributed by atoms with Crippen LogP contribution < -0.4 is 10.6 Å². The molecule has 2 heterocycles. The summed E-state index contributed by atoms with van der Waals surface area (Å²) in [6, 6.07) is 3.30. The Morgan fingerprint density at radius 2 is 1.84 bits per heavy atom. The highest BCUT2D eigenvalue weighted by molar-refractivity contribution is 14.0. The largest absolute Gasteiger partial charge is 0.459 e. The molecule has 0 radical (unpaired) electrons. The highest BCUT2D eigenvalue weighted by Crippen LogP contribution is 2.11. The Balaban J connectivity index is 0.00000512. The number of amides is 2. The normalized spacial score (nSPS) is 15.6. The first kappa shape index (κ1) is 28.1. The van der Waals surface area contributed by atoms with Crippen molar-refractivity contribution in [1.82, 2.24) is 20.4 Å². The van der Waals surface area contributed by atoms with Crippen LogP contribution in [0.25, 0.3) is 0 Å². The third-order valence-corrected chi connectivity index (χ3v) is 4.75. The molecule has 2 rings (SSSR count). The summed E-state index contributed by atoms with van der Waals surface area (Å²) >= 11 is 0. The van der Waals surface area contributed by atoms with E-state index < -0.39 is 11.7 Å². The average molecular weight is 563 g/mol. The van der Waals surface area contributed by atoms with Crippen LogP contribution in [0.1, 0.15) is 58.0 Å². The number of ether oxygens (including phenoxy) is 1. The maximum Gasteiger partial charge on any atom is 0.407 e. The molecule has 0 aliphatic carbocycles. The van der Waals surface area contributed by atoms with Crippen LogP contribution in [0.5, 0.6) is 0 Å². The van der Waals surface area contributed by atoms with Crippen LogP contribution in [0.4, 0.5) is 4.79 Å². The Bertz CT molecular complexity index is 725. The first-order valence-electron chi connectivity index (χ1n) is 11.1. The van der Waals surface area contributed by atoms with Crippen molar-refractivity contribution < 1.29 is 18.7 Å². The van der Waals surface area contributed by atoms with E-state index in [-0.39, 0.29) is 35.9 Å². The molecule has 0 spiro atoms. The van der Waals surface area contributed by atoms with E-state index in [9.17, 15) is 9.59 Å². The second-order valence-electron chi connectivity index (χ2n) is 8.58. The van der Waals surface area contributed by atoms with Crippen LogP contribution in [0.2, 0.25) is 0 Å². The van der Waals surface area contributed by atoms with Gasteiger partial charge in [0.1, 0.15) is 5.60 Å². The predicted octanol–water partition coefficient (Wildman–Crippen LogP) is 3.31. The van der Waals surface area contributed by atoms with Crippen molar-refractivity contribution >= 4 is 41.9 Å². The van der Waals surface area contributed by atoms with Crippen molar-refractivity contribution in [2.45, 2.75) is 59.1 Å². The molecule has 32 heavy (non-hydrogen) atoms. The van der Waals surface area contributed by atoms with Crippen molar-refractivity contribution in [3.63, 3.8) is 0 Å². The van der Waals surface area contributed by atoms with Crippen LogP contribution in [0.15, 0.2) is 27.8 Å². The van der Waals surface area contributed by atoms with Crippen LogP contribution >= 0.6 is 24.0 Å². The maximum absolute atomic E-state index is 12.5. The topological polar surface area (TPSA) is 99.4 Å². The van der Waals surface area contributed by atoms with Gasteiger partial charge in [-0.3, -0.25) is 9.79 Å². The molecule has 0 aromatic carbocycles. The summed E-state index contributed by atoms with van der Waals surface area (Å²) in [4.78, 5) is 33.3. The van der Waals surface area contributed by atoms with Crippen molar-refractivity contribution in [3.05, 3.63) is 24.2 Å². The van der Waals surface area contributed by atoms with Gasteiger partial charge < -0.3 is 29.6 Å². The van der Waals surface area contributed by atoms with Gasteiger partial charge in [0, 0.05) is 32.7 Å². The number of carbonyl (C=O) groups is 2. The standard InChI is InChI=1S/C22H37N5O4.HI/c1-6-9-17(25-21(29)31-22(3,4)5)16-24-20(23-7-2)27-13-11-26(12-14-27)19(28)18-10-8-15-30-18;/h8,10,15,17H,6-7,9,11-14,16H2,1-5H3,(H,23,24)(H,25,29);1H. The third kappa shape index (κ3) is 9.25. The minimum atomic E-state index is -0.536. The Labute approximate surface area is 208 Å². The van der Waals surface area contributed by atoms with Gasteiger partial charge in [0.15, 0.2) is 11.7 Å². The molecule has 2 amide bonds. The number of rotatable bonds is 7. The highest BCUT2D eigenvalue weighted by Gasteiger charge is 2.25. The van der Waals surface area contributed by atoms with Crippen molar-refractivity contribution in [2.75, 3.05) is 39.3 Å². The Morgan fingerprint density at radius 1 is 1.19 bits per heavy atom. The van der Waals surface area contributed by atoms with Gasteiger partial charge in [-0.25, -0.2) is 4.79 Å². The Morgan fingerprint density at radius 3 is 2.38 bits per heavy atom. The van der Waals surface area contributed by atoms with Gasteiger partial charge in [-0.05, 0) is 46.2 Å². The van der Waals surface area contributed by atoms with Crippen LogP contribution in [-0.4, -0.2) is 78.7 Å². The molecule has 1 atom stereocenters. The van der Waals surface area contributed by atoms with E-state index in [4.69, 9.17) is 14.1 Å². The van der Waals surface area contributed by atoms with Crippen LogP contribution in [0.3, 0.4) is 0 Å². The lowest BCUT2D eigenvalue weighted by Gasteiger charge is -2.36. The molecule has 0 bridgehead atoms. The second-order valence-corrected chi connectivity index (χ2v) is 8.58. The quantitative estimate of drug-likeness (QED) is 0.300. The fourth-order valence-corrected chi connectivity index (χ4v) is 3.33. The van der Waals surface area contributed by atoms with E-state index in [0.29, 0.717) is 38.5 Å². The minimum Gasteiger partial charge on any atom is -0.459 e. The fraction of sp³-hybridized carbons (Fsp3) is 0.682. The number of nitrogens with zero attached hydrogens (tertiary/aromatic N) is 3. The van der Waals surface area contributed by atoms with E-state index in [1.54, 1.807) is 17.0 Å². The zero-order valence-electron chi connectivity index (χ0n) is 19.8. The molecule has 10 heteroatoms. The Kier molecular flexibility index (Phi) is 11.9. The summed E-state index contributed by atoms with van der Waals surface area (Å²) in [7, 11) is 0. The van der Waals surface area contributed by atoms with E-state index in [1.807, 2.05) is 27.7 Å². The number of piperazine rings is 1. The molecule has 9 nitrogen and oxygen atoms in total. The summed E-state index contributed by atoms with van der Waals surface area (Å²) in [6.45, 7) is 13.4. The summed E-state index contributed by atoms with van der Waals surface area (Å²) in [5.74, 6) is 1.07. The summed E-state index contributed by atoms with van der Waals surface area (Å²) in [6.07, 6.45) is 2.83. The first-order chi connectivity index (χ1) is 14.7. The predicted molar refractivity (Wildman–Crippen MR) is 136 cm³/mol. The molecule has 1 aliphatic rings. The summed E-state index contributed by atoms with van der Waals surface area (Å²) in [5.41, 5.74) is -0.536. The molecule has 1 saturated heterocycles. The smallest absolute Gasteiger partial charge is 0.407 e. The first-order valence-corrected chi connectivity index (χ1v) is 11.1. The molecular formula is C22H38IN5O4. The molecule has 0 saturated carbocycles. The second kappa shape index (κ2) is 13.5. The fourth-order valence-electron chi connectivity index (χ4n) is 3.33. The Hall–Kier alpha value is -1.98. The summed E-state index contributed by atoms with van der Waals surface area (Å²) in [5, 5.41) is 6.26. The van der Waals surface area contributed by atoms with Gasteiger partial charge >= 0.3 is 6.09 Å². The minimum absolute atomic E-state index is 0. The van der Waals surface area contributed by atoms with Gasteiger partial charge in [0.05, 0.1) is 18.8 Å². The van der Waals surface area contributed by atoms with Gasteiger partial charge in [0.2, 0.25) is 0 Å². The van der Waals surface area contributed by atoms with E-state index in [0.717, 1.165) is 25.3 Å². The molecule has 1 fully saturated rings. The number of carbonyl (C=O) groups excluding carboxylic acids is 2. The number of halogens is 1. The zero-order valence-corrected chi connectivity index (χ0v) is 22.2. The number of alkyl carbamates (subject to hydrolysis) is 1. The van der Waals surface area contributed by atoms with E-state index in [2.05, 4.69) is 22.5 Å². The molecule has 1 unspecified atom stereocenters. The number of hydrogen-bond donors (Lipinski definition) is 2. The number of guanidine groups is 1. The number of aliphatic imine (C=N–C) groups is 1. The zero-order chi connectivity index (χ0) is 22.9. The lowest BCUT2D eigenvalue weighted by atomic mass is 10.1. The molecule has 1 aromatic rings. The van der Waals surface area contributed by atoms with Crippen molar-refractivity contribution in [2.24, 2.45) is 4.99 Å². The van der Waals surface area contributed by atoms with Crippen LogP contribution in [0, 0.1) is 0 Å². The molecule has 2 N–H and O–H groups in total. The number of nitrogens with one attached hydrogen (secondary N) is 2. The van der Waals surface area contributed by atoms with Crippen LogP contribution in [-0.2, 0) is 4.74 Å². The van der Waals surface area contributed by atoms with Gasteiger partial charge in [-0.1, -0.05) is 13.3 Å². The van der Waals surface area contributed by atoms with Gasteiger partial charge in [-0.15, -0.1) is 24.0 Å². The third-order valence-electron chi connectivity index (χ3n) is 4.75. The lowest BCUT2D eigenvalue weighted by molar-refractivity contribution is 0.0503. The van der Waals surface area contributed by atoms with Gasteiger partial charge in [-0.2, -0.15) is 0 Å². The molecule has 1 aromatic heterocycles. The molecule has 1 aliphatic heterocycles. The lowest BCUT2D eigenvalue weighted by Crippen LogP contribution is -2.54. The monoisotopic (exact) mass is 563 g/mol. The van der Waals surface area contributed by atoms with E-state index >= 15 is 0 Å². The molecular weight excluding hydrogens is 525 g/mol. The maximum atomic E-state index is 12.5.